The van der Waals surface area contributed by atoms with Crippen LogP contribution in [0.3, 0.4) is 0 Å². The van der Waals surface area contributed by atoms with Crippen molar-refractivity contribution in [3.63, 3.8) is 0 Å². The maximum atomic E-state index is 9.96. The molecular formula is C13H29NO2. The van der Waals surface area contributed by atoms with Gasteiger partial charge in [-0.05, 0) is 26.1 Å². The molecular weight excluding hydrogens is 202 g/mol. The average molecular weight is 231 g/mol. The van der Waals surface area contributed by atoms with Gasteiger partial charge in [-0.15, -0.1) is 0 Å². The van der Waals surface area contributed by atoms with Crippen molar-refractivity contribution in [2.24, 2.45) is 0 Å². The van der Waals surface area contributed by atoms with Crippen LogP contribution in [0, 0.1) is 0 Å². The summed E-state index contributed by atoms with van der Waals surface area (Å²) in [5.74, 6) is -0.675. The minimum atomic E-state index is -0.675. The zero-order valence-electron chi connectivity index (χ0n) is 11.5. The van der Waals surface area contributed by atoms with Crippen LogP contribution < -0.4 is 0 Å². The second-order valence-electron chi connectivity index (χ2n) is 3.82. The maximum absolute atomic E-state index is 9.96. The standard InChI is InChI=1S/C7H14O2.C6H15N/c1-2-3-4-5-6-7(8)9;1-4-7(5-2)6-3/h2-6H2,1H3,(H,8,9);4-6H2,1-3H3. The molecule has 0 amide bonds. The van der Waals surface area contributed by atoms with Gasteiger partial charge in [-0.1, -0.05) is 47.0 Å². The molecule has 0 aromatic heterocycles. The lowest BCUT2D eigenvalue weighted by Gasteiger charge is -2.13. The first-order chi connectivity index (χ1) is 7.62. The van der Waals surface area contributed by atoms with Gasteiger partial charge >= 0.3 is 5.97 Å². The Morgan fingerprint density at radius 1 is 0.938 bits per heavy atom. The Hall–Kier alpha value is -0.570. The predicted molar refractivity (Wildman–Crippen MR) is 69.9 cm³/mol. The number of unbranched alkanes of at least 4 members (excludes halogenated alkanes) is 3. The SMILES string of the molecule is CCCCCCC(=O)O.CCN(CC)CC. The van der Waals surface area contributed by atoms with Crippen LogP contribution in [0.25, 0.3) is 0 Å². The van der Waals surface area contributed by atoms with Crippen LogP contribution in [0.4, 0.5) is 0 Å². The first-order valence-electron chi connectivity index (χ1n) is 6.56. The third-order valence-electron chi connectivity index (χ3n) is 2.59. The van der Waals surface area contributed by atoms with E-state index in [0.717, 1.165) is 19.3 Å². The average Bonchev–Trinajstić information content (AvgIpc) is 2.28. The zero-order chi connectivity index (χ0) is 12.8. The Labute approximate surface area is 101 Å². The van der Waals surface area contributed by atoms with Crippen molar-refractivity contribution in [1.82, 2.24) is 4.90 Å². The summed E-state index contributed by atoms with van der Waals surface area (Å²) in [6, 6.07) is 0. The lowest BCUT2D eigenvalue weighted by Crippen LogP contribution is -2.21. The maximum Gasteiger partial charge on any atom is 0.303 e. The second kappa shape index (κ2) is 14.4. The van der Waals surface area contributed by atoms with Crippen molar-refractivity contribution in [3.8, 4) is 0 Å². The van der Waals surface area contributed by atoms with Gasteiger partial charge < -0.3 is 10.0 Å². The lowest BCUT2D eigenvalue weighted by molar-refractivity contribution is -0.137. The van der Waals surface area contributed by atoms with Crippen LogP contribution in [0.2, 0.25) is 0 Å². The van der Waals surface area contributed by atoms with Gasteiger partial charge in [0.1, 0.15) is 0 Å². The molecule has 1 N–H and O–H groups in total. The first kappa shape index (κ1) is 17.8. The van der Waals surface area contributed by atoms with E-state index in [1.165, 1.54) is 26.1 Å². The Bertz CT molecular complexity index is 139. The molecule has 0 aromatic carbocycles. The minimum Gasteiger partial charge on any atom is -0.481 e. The van der Waals surface area contributed by atoms with Gasteiger partial charge in [0.25, 0.3) is 0 Å². The van der Waals surface area contributed by atoms with E-state index in [9.17, 15) is 4.79 Å². The van der Waals surface area contributed by atoms with Gasteiger partial charge in [0.15, 0.2) is 0 Å². The monoisotopic (exact) mass is 231 g/mol. The van der Waals surface area contributed by atoms with Crippen molar-refractivity contribution < 1.29 is 9.90 Å². The van der Waals surface area contributed by atoms with Crippen LogP contribution in [0.15, 0.2) is 0 Å². The summed E-state index contributed by atoms with van der Waals surface area (Å²) in [6.45, 7) is 12.2. The number of rotatable bonds is 8. The van der Waals surface area contributed by atoms with Crippen molar-refractivity contribution in [3.05, 3.63) is 0 Å². The van der Waals surface area contributed by atoms with Crippen molar-refractivity contribution >= 4 is 5.97 Å². The van der Waals surface area contributed by atoms with E-state index >= 15 is 0 Å². The number of carbonyl (C=O) groups is 1. The fourth-order valence-electron chi connectivity index (χ4n) is 1.37. The van der Waals surface area contributed by atoms with Crippen LogP contribution in [0.5, 0.6) is 0 Å². The Morgan fingerprint density at radius 3 is 1.69 bits per heavy atom. The second-order valence-corrected chi connectivity index (χ2v) is 3.82. The van der Waals surface area contributed by atoms with Gasteiger partial charge in [0.2, 0.25) is 0 Å². The van der Waals surface area contributed by atoms with Crippen molar-refractivity contribution in [2.45, 2.75) is 59.8 Å². The Morgan fingerprint density at radius 2 is 1.44 bits per heavy atom. The van der Waals surface area contributed by atoms with Gasteiger partial charge in [0, 0.05) is 6.42 Å². The molecule has 0 rings (SSSR count). The first-order valence-corrected chi connectivity index (χ1v) is 6.56. The summed E-state index contributed by atoms with van der Waals surface area (Å²) in [4.78, 5) is 12.3. The van der Waals surface area contributed by atoms with E-state index < -0.39 is 5.97 Å². The van der Waals surface area contributed by atoms with E-state index in [2.05, 4.69) is 32.6 Å². The Balaban J connectivity index is 0. The summed E-state index contributed by atoms with van der Waals surface area (Å²) < 4.78 is 0. The summed E-state index contributed by atoms with van der Waals surface area (Å²) >= 11 is 0. The minimum absolute atomic E-state index is 0.333. The highest BCUT2D eigenvalue weighted by Crippen LogP contribution is 2.01. The van der Waals surface area contributed by atoms with Crippen LogP contribution in [-0.4, -0.2) is 35.6 Å². The highest BCUT2D eigenvalue weighted by molar-refractivity contribution is 5.66. The van der Waals surface area contributed by atoms with Gasteiger partial charge in [-0.25, -0.2) is 0 Å². The van der Waals surface area contributed by atoms with Crippen molar-refractivity contribution in [2.75, 3.05) is 19.6 Å². The normalized spacial score (nSPS) is 9.81. The van der Waals surface area contributed by atoms with Gasteiger partial charge in [-0.2, -0.15) is 0 Å². The Kier molecular flexibility index (Phi) is 16.1. The molecule has 0 unspecified atom stereocenters. The molecule has 0 saturated heterocycles. The van der Waals surface area contributed by atoms with Crippen molar-refractivity contribution in [1.29, 1.82) is 0 Å². The molecule has 3 nitrogen and oxygen atoms in total. The topological polar surface area (TPSA) is 40.5 Å². The lowest BCUT2D eigenvalue weighted by atomic mass is 10.2. The fraction of sp³-hybridized carbons (Fsp3) is 0.923. The smallest absolute Gasteiger partial charge is 0.303 e. The number of nitrogens with zero attached hydrogens (tertiary/aromatic N) is 1. The van der Waals surface area contributed by atoms with Crippen LogP contribution >= 0.6 is 0 Å². The van der Waals surface area contributed by atoms with Crippen LogP contribution in [0.1, 0.15) is 59.8 Å². The van der Waals surface area contributed by atoms with Crippen LogP contribution in [-0.2, 0) is 4.79 Å². The molecule has 0 aliphatic rings. The number of carboxylic acids is 1. The van der Waals surface area contributed by atoms with E-state index in [1.807, 2.05) is 0 Å². The quantitative estimate of drug-likeness (QED) is 0.651. The molecule has 16 heavy (non-hydrogen) atoms. The summed E-state index contributed by atoms with van der Waals surface area (Å²) in [5.41, 5.74) is 0. The highest BCUT2D eigenvalue weighted by Gasteiger charge is 1.94. The predicted octanol–water partition coefficient (Wildman–Crippen LogP) is 3.39. The molecule has 0 aliphatic heterocycles. The summed E-state index contributed by atoms with van der Waals surface area (Å²) in [7, 11) is 0. The number of hydrogen-bond donors (Lipinski definition) is 1. The van der Waals surface area contributed by atoms with Gasteiger partial charge in [0.05, 0.1) is 0 Å². The van der Waals surface area contributed by atoms with E-state index in [1.54, 1.807) is 0 Å². The molecule has 0 aromatic rings. The molecule has 0 heterocycles. The molecule has 0 aliphatic carbocycles. The zero-order valence-corrected chi connectivity index (χ0v) is 11.5. The number of aliphatic carboxylic acids is 1. The molecule has 3 heteroatoms. The third kappa shape index (κ3) is 15.9. The molecule has 0 radical (unpaired) electrons. The molecule has 0 atom stereocenters. The number of carboxylic acid groups (broad SMARTS) is 1. The largest absolute Gasteiger partial charge is 0.481 e. The fourth-order valence-corrected chi connectivity index (χ4v) is 1.37. The highest BCUT2D eigenvalue weighted by atomic mass is 16.4. The molecule has 98 valence electrons. The molecule has 0 fully saturated rings. The number of hydrogen-bond acceptors (Lipinski definition) is 2. The van der Waals surface area contributed by atoms with E-state index in [0.29, 0.717) is 6.42 Å². The van der Waals surface area contributed by atoms with Gasteiger partial charge in [-0.3, -0.25) is 4.79 Å². The van der Waals surface area contributed by atoms with E-state index in [4.69, 9.17) is 5.11 Å². The molecule has 0 bridgehead atoms. The molecule has 0 spiro atoms. The molecule has 0 saturated carbocycles. The summed E-state index contributed by atoms with van der Waals surface area (Å²) in [5, 5.41) is 8.21. The summed E-state index contributed by atoms with van der Waals surface area (Å²) in [6.07, 6.45) is 4.55. The van der Waals surface area contributed by atoms with E-state index in [-0.39, 0.29) is 0 Å². The third-order valence-corrected chi connectivity index (χ3v) is 2.59.